The van der Waals surface area contributed by atoms with Crippen LogP contribution in [0.25, 0.3) is 0 Å². The van der Waals surface area contributed by atoms with E-state index in [2.05, 4.69) is 55.2 Å². The Balaban J connectivity index is 1.45. The van der Waals surface area contributed by atoms with Crippen LogP contribution in [0.1, 0.15) is 82.4 Å². The molecule has 5 rings (SSSR count). The molecule has 0 amide bonds. The molecule has 2 atom stereocenters. The molecule has 1 fully saturated rings. The second-order valence-corrected chi connectivity index (χ2v) is 11.7. The Morgan fingerprint density at radius 1 is 0.786 bits per heavy atom. The van der Waals surface area contributed by atoms with Crippen LogP contribution < -0.4 is 0 Å². The minimum Gasteiger partial charge on any atom is -0.357 e. The molecule has 1 aliphatic carbocycles. The van der Waals surface area contributed by atoms with Crippen molar-refractivity contribution < 1.29 is 19.0 Å². The zero-order chi connectivity index (χ0) is 29.5. The number of unbranched alkanes of at least 4 members (excludes halogenated alkanes) is 6. The maximum Gasteiger partial charge on any atom is 0.208 e. The lowest BCUT2D eigenvalue weighted by molar-refractivity contribution is -0.185. The number of ether oxygens (including phenoxy) is 3. The lowest BCUT2D eigenvalue weighted by Crippen LogP contribution is -2.51. The van der Waals surface area contributed by atoms with Gasteiger partial charge >= 0.3 is 0 Å². The average Bonchev–Trinajstić information content (AvgIpc) is 3.42. The molecule has 42 heavy (non-hydrogen) atoms. The first-order valence-corrected chi connectivity index (χ1v) is 15.4. The van der Waals surface area contributed by atoms with Gasteiger partial charge in [0.25, 0.3) is 0 Å². The molecule has 1 aliphatic heterocycles. The van der Waals surface area contributed by atoms with E-state index in [4.69, 9.17) is 14.2 Å². The highest BCUT2D eigenvalue weighted by Crippen LogP contribution is 2.47. The predicted octanol–water partition coefficient (Wildman–Crippen LogP) is 8.15. The summed E-state index contributed by atoms with van der Waals surface area (Å²) in [5.41, 5.74) is 1.04. The molecule has 0 saturated carbocycles. The fourth-order valence-electron chi connectivity index (χ4n) is 6.13. The van der Waals surface area contributed by atoms with Crippen molar-refractivity contribution >= 4 is 5.78 Å². The van der Waals surface area contributed by atoms with E-state index < -0.39 is 23.1 Å². The van der Waals surface area contributed by atoms with Gasteiger partial charge in [-0.3, -0.25) is 4.79 Å². The molecule has 2 aliphatic rings. The summed E-state index contributed by atoms with van der Waals surface area (Å²) in [6.45, 7) is 5.91. The summed E-state index contributed by atoms with van der Waals surface area (Å²) < 4.78 is 19.8. The Hall–Kier alpha value is -3.49. The summed E-state index contributed by atoms with van der Waals surface area (Å²) >= 11 is 0. The van der Waals surface area contributed by atoms with Crippen LogP contribution in [0.2, 0.25) is 0 Å². The van der Waals surface area contributed by atoms with Gasteiger partial charge in [-0.2, -0.15) is 0 Å². The Kier molecular flexibility index (Phi) is 9.43. The lowest BCUT2D eigenvalue weighted by Gasteiger charge is -2.39. The fourth-order valence-corrected chi connectivity index (χ4v) is 6.13. The number of rotatable bonds is 12. The Morgan fingerprint density at radius 3 is 1.86 bits per heavy atom. The van der Waals surface area contributed by atoms with Crippen molar-refractivity contribution in [3.63, 3.8) is 0 Å². The fraction of sp³-hybridized carbons (Fsp3) is 0.395. The SMILES string of the molecule is CCCCCCCCC#CC1=C[C@@H]2OC(C)(C)O[C@]2(COC(c2ccccc2)(c2ccccc2)c2ccccc2)C1=O. The third kappa shape index (κ3) is 6.15. The van der Waals surface area contributed by atoms with E-state index in [0.29, 0.717) is 5.57 Å². The number of Topliss-reactive ketones (excluding diaryl/α,β-unsaturated/α-hetero) is 1. The van der Waals surface area contributed by atoms with Crippen molar-refractivity contribution in [3.8, 4) is 11.8 Å². The van der Waals surface area contributed by atoms with Crippen LogP contribution in [-0.2, 0) is 24.6 Å². The number of carbonyl (C=O) groups excluding carboxylic acids is 1. The van der Waals surface area contributed by atoms with Crippen LogP contribution in [0.4, 0.5) is 0 Å². The van der Waals surface area contributed by atoms with E-state index >= 15 is 0 Å². The molecular formula is C38H42O4. The molecule has 1 saturated heterocycles. The van der Waals surface area contributed by atoms with Gasteiger partial charge in [-0.1, -0.05) is 142 Å². The molecule has 0 radical (unpaired) electrons. The number of carbonyl (C=O) groups is 1. The van der Waals surface area contributed by atoms with Crippen molar-refractivity contribution in [2.45, 2.75) is 88.8 Å². The average molecular weight is 563 g/mol. The van der Waals surface area contributed by atoms with Crippen molar-refractivity contribution in [1.82, 2.24) is 0 Å². The summed E-state index contributed by atoms with van der Waals surface area (Å²) in [7, 11) is 0. The third-order valence-corrected chi connectivity index (χ3v) is 8.17. The minimum atomic E-state index is -1.32. The highest BCUT2D eigenvalue weighted by atomic mass is 16.8. The molecule has 4 nitrogen and oxygen atoms in total. The summed E-state index contributed by atoms with van der Waals surface area (Å²) in [5.74, 6) is 5.28. The van der Waals surface area contributed by atoms with Crippen LogP contribution in [0, 0.1) is 11.8 Å². The Labute approximate surface area is 251 Å². The van der Waals surface area contributed by atoms with E-state index in [9.17, 15) is 4.79 Å². The molecule has 0 unspecified atom stereocenters. The highest BCUT2D eigenvalue weighted by Gasteiger charge is 2.62. The van der Waals surface area contributed by atoms with Gasteiger partial charge in [0.05, 0.1) is 12.2 Å². The maximum absolute atomic E-state index is 14.1. The topological polar surface area (TPSA) is 44.8 Å². The largest absolute Gasteiger partial charge is 0.357 e. The molecule has 4 heteroatoms. The van der Waals surface area contributed by atoms with Gasteiger partial charge in [-0.15, -0.1) is 0 Å². The van der Waals surface area contributed by atoms with E-state index in [1.165, 1.54) is 32.1 Å². The van der Waals surface area contributed by atoms with Gasteiger partial charge in [0.1, 0.15) is 11.7 Å². The summed E-state index contributed by atoms with van der Waals surface area (Å²) in [5, 5.41) is 0. The first-order chi connectivity index (χ1) is 20.4. The summed E-state index contributed by atoms with van der Waals surface area (Å²) in [6, 6.07) is 30.5. The van der Waals surface area contributed by atoms with Gasteiger partial charge in [0, 0.05) is 6.42 Å². The van der Waals surface area contributed by atoms with E-state index in [1.54, 1.807) is 0 Å². The second-order valence-electron chi connectivity index (χ2n) is 11.7. The molecule has 3 aromatic carbocycles. The van der Waals surface area contributed by atoms with Crippen molar-refractivity contribution in [2.75, 3.05) is 6.61 Å². The first-order valence-electron chi connectivity index (χ1n) is 15.4. The quantitative estimate of drug-likeness (QED) is 0.127. The monoisotopic (exact) mass is 562 g/mol. The third-order valence-electron chi connectivity index (χ3n) is 8.17. The van der Waals surface area contributed by atoms with Crippen LogP contribution >= 0.6 is 0 Å². The van der Waals surface area contributed by atoms with Gasteiger partial charge in [-0.25, -0.2) is 0 Å². The molecule has 0 spiro atoms. The number of fused-ring (bicyclic) bond motifs is 1. The van der Waals surface area contributed by atoms with E-state index in [-0.39, 0.29) is 12.4 Å². The molecule has 218 valence electrons. The number of hydrogen-bond donors (Lipinski definition) is 0. The molecule has 1 heterocycles. The van der Waals surface area contributed by atoms with Crippen LogP contribution in [0.15, 0.2) is 103 Å². The van der Waals surface area contributed by atoms with Crippen LogP contribution in [0.5, 0.6) is 0 Å². The number of benzene rings is 3. The number of ketones is 1. The summed E-state index contributed by atoms with van der Waals surface area (Å²) in [6.07, 6.45) is 9.29. The smallest absolute Gasteiger partial charge is 0.208 e. The molecule has 0 aromatic heterocycles. The van der Waals surface area contributed by atoms with E-state index in [0.717, 1.165) is 29.5 Å². The standard InChI is InChI=1S/C38H42O4/c1-4-5-6-7-8-9-10-14-21-30-28-34-37(35(30)39,42-36(2,3)41-34)29-40-38(31-22-15-11-16-23-31,32-24-17-12-18-25-32)33-26-19-13-20-27-33/h11-13,15-20,22-28,34H,4-10,29H2,1-3H3/t34-,37-/m0/s1. The molecule has 0 bridgehead atoms. The van der Waals surface area contributed by atoms with Gasteiger partial charge < -0.3 is 14.2 Å². The molecule has 3 aromatic rings. The van der Waals surface area contributed by atoms with Gasteiger partial charge in [0.2, 0.25) is 5.78 Å². The zero-order valence-corrected chi connectivity index (χ0v) is 25.1. The van der Waals surface area contributed by atoms with Crippen molar-refractivity contribution in [1.29, 1.82) is 0 Å². The van der Waals surface area contributed by atoms with Gasteiger partial charge in [0.15, 0.2) is 11.4 Å². The van der Waals surface area contributed by atoms with Crippen molar-refractivity contribution in [3.05, 3.63) is 119 Å². The highest BCUT2D eigenvalue weighted by molar-refractivity contribution is 6.09. The first kappa shape index (κ1) is 30.0. The number of hydrogen-bond acceptors (Lipinski definition) is 4. The molecular weight excluding hydrogens is 520 g/mol. The Morgan fingerprint density at radius 2 is 1.31 bits per heavy atom. The van der Waals surface area contributed by atoms with Crippen LogP contribution in [-0.4, -0.2) is 29.9 Å². The second kappa shape index (κ2) is 13.2. The summed E-state index contributed by atoms with van der Waals surface area (Å²) in [4.78, 5) is 14.1. The van der Waals surface area contributed by atoms with E-state index in [1.807, 2.05) is 74.5 Å². The lowest BCUT2D eigenvalue weighted by atomic mass is 9.79. The van der Waals surface area contributed by atoms with Gasteiger partial charge in [-0.05, 0) is 43.0 Å². The molecule has 0 N–H and O–H groups in total. The Bertz CT molecular complexity index is 1320. The zero-order valence-electron chi connectivity index (χ0n) is 25.1. The predicted molar refractivity (Wildman–Crippen MR) is 167 cm³/mol. The normalized spacial score (nSPS) is 21.0. The maximum atomic E-state index is 14.1. The van der Waals surface area contributed by atoms with Crippen molar-refractivity contribution in [2.24, 2.45) is 0 Å². The minimum absolute atomic E-state index is 0.00226. The van der Waals surface area contributed by atoms with Crippen LogP contribution in [0.3, 0.4) is 0 Å².